The molecule has 2 fully saturated rings. The predicted octanol–water partition coefficient (Wildman–Crippen LogP) is 3.13. The fourth-order valence-corrected chi connectivity index (χ4v) is 3.82. The van der Waals surface area contributed by atoms with Gasteiger partial charge in [-0.3, -0.25) is 4.79 Å². The first kappa shape index (κ1) is 19.2. The van der Waals surface area contributed by atoms with Crippen molar-refractivity contribution in [2.45, 2.75) is 44.6 Å². The minimum Gasteiger partial charge on any atom is -0.381 e. The molecule has 2 aliphatic heterocycles. The monoisotopic (exact) mass is 352 g/mol. The molecule has 3 rings (SSSR count). The molecule has 5 heteroatoms. The number of nitrogens with zero attached hydrogens (tertiary/aromatic N) is 1. The molecule has 0 bridgehead atoms. The van der Waals surface area contributed by atoms with Crippen molar-refractivity contribution in [1.82, 2.24) is 10.2 Å². The maximum Gasteiger partial charge on any atom is 0.253 e. The highest BCUT2D eigenvalue weighted by Gasteiger charge is 2.25. The number of likely N-dealkylation sites (tertiary alicyclic amines) is 1. The van der Waals surface area contributed by atoms with Crippen molar-refractivity contribution in [2.24, 2.45) is 0 Å². The van der Waals surface area contributed by atoms with Crippen LogP contribution in [-0.2, 0) is 4.74 Å². The average molecular weight is 353 g/mol. The number of carbonyl (C=O) groups is 1. The van der Waals surface area contributed by atoms with Gasteiger partial charge in [0.2, 0.25) is 0 Å². The zero-order valence-corrected chi connectivity index (χ0v) is 15.5. The molecule has 4 nitrogen and oxygen atoms in total. The van der Waals surface area contributed by atoms with Crippen molar-refractivity contribution in [3.8, 4) is 0 Å². The lowest BCUT2D eigenvalue weighted by atomic mass is 9.86. The highest BCUT2D eigenvalue weighted by atomic mass is 35.5. The number of methoxy groups -OCH3 is 1. The Labute approximate surface area is 151 Å². The third-order valence-electron chi connectivity index (χ3n) is 5.37. The van der Waals surface area contributed by atoms with Crippen LogP contribution in [0.25, 0.3) is 0 Å². The Bertz CT molecular complexity index is 550. The van der Waals surface area contributed by atoms with Crippen LogP contribution in [0.3, 0.4) is 0 Å². The summed E-state index contributed by atoms with van der Waals surface area (Å²) in [5.74, 6) is 0.762. The van der Waals surface area contributed by atoms with E-state index in [1.165, 1.54) is 11.1 Å². The van der Waals surface area contributed by atoms with Crippen LogP contribution in [0.2, 0.25) is 0 Å². The first-order valence-corrected chi connectivity index (χ1v) is 8.82. The fraction of sp³-hybridized carbons (Fsp3) is 0.632. The highest BCUT2D eigenvalue weighted by molar-refractivity contribution is 5.94. The van der Waals surface area contributed by atoms with E-state index in [0.29, 0.717) is 12.0 Å². The second-order valence-electron chi connectivity index (χ2n) is 6.82. The summed E-state index contributed by atoms with van der Waals surface area (Å²) >= 11 is 0. The van der Waals surface area contributed by atoms with Crippen LogP contribution >= 0.6 is 12.4 Å². The van der Waals surface area contributed by atoms with E-state index in [0.717, 1.165) is 57.4 Å². The lowest BCUT2D eigenvalue weighted by Crippen LogP contribution is -2.40. The van der Waals surface area contributed by atoms with Gasteiger partial charge in [-0.2, -0.15) is 0 Å². The summed E-state index contributed by atoms with van der Waals surface area (Å²) in [5.41, 5.74) is 3.52. The quantitative estimate of drug-likeness (QED) is 0.908. The Morgan fingerprint density at radius 3 is 2.46 bits per heavy atom. The Kier molecular flexibility index (Phi) is 7.08. The summed E-state index contributed by atoms with van der Waals surface area (Å²) in [5, 5.41) is 3.42. The molecule has 0 radical (unpaired) electrons. The number of benzene rings is 1. The van der Waals surface area contributed by atoms with Gasteiger partial charge in [-0.15, -0.1) is 12.4 Å². The molecule has 0 aliphatic carbocycles. The van der Waals surface area contributed by atoms with Crippen molar-refractivity contribution in [3.63, 3.8) is 0 Å². The molecule has 2 saturated heterocycles. The molecule has 1 aromatic carbocycles. The lowest BCUT2D eigenvalue weighted by molar-refractivity contribution is 0.0350. The third-order valence-corrected chi connectivity index (χ3v) is 5.37. The van der Waals surface area contributed by atoms with Gasteiger partial charge >= 0.3 is 0 Å². The molecule has 0 aromatic heterocycles. The molecule has 134 valence electrons. The number of halogens is 1. The van der Waals surface area contributed by atoms with Crippen molar-refractivity contribution >= 4 is 18.3 Å². The van der Waals surface area contributed by atoms with Crippen LogP contribution in [-0.4, -0.2) is 50.2 Å². The molecule has 2 heterocycles. The largest absolute Gasteiger partial charge is 0.381 e. The van der Waals surface area contributed by atoms with E-state index in [9.17, 15) is 4.79 Å². The van der Waals surface area contributed by atoms with Crippen molar-refractivity contribution in [2.75, 3.05) is 33.3 Å². The molecule has 0 atom stereocenters. The Morgan fingerprint density at radius 1 is 1.17 bits per heavy atom. The molecule has 1 aromatic rings. The second kappa shape index (κ2) is 8.84. The first-order valence-electron chi connectivity index (χ1n) is 8.82. The third kappa shape index (κ3) is 4.29. The van der Waals surface area contributed by atoms with E-state index in [1.54, 1.807) is 7.11 Å². The Balaban J connectivity index is 0.00000208. The number of carbonyl (C=O) groups excluding carboxylic acids is 1. The van der Waals surface area contributed by atoms with Gasteiger partial charge in [0.25, 0.3) is 5.91 Å². The zero-order chi connectivity index (χ0) is 16.2. The molecular formula is C19H29ClN2O2. The van der Waals surface area contributed by atoms with Crippen molar-refractivity contribution < 1.29 is 9.53 Å². The van der Waals surface area contributed by atoms with Crippen LogP contribution < -0.4 is 5.32 Å². The standard InChI is InChI=1S/C19H28N2O2.ClH/c1-14-3-4-16(13-18(14)15-5-9-20-10-6-15)19(22)21-11-7-17(23-2)8-12-21;/h3-4,13,15,17,20H,5-12H2,1-2H3;1H. The predicted molar refractivity (Wildman–Crippen MR) is 99.2 cm³/mol. The molecule has 0 spiro atoms. The van der Waals surface area contributed by atoms with Gasteiger partial charge in [0.1, 0.15) is 0 Å². The van der Waals surface area contributed by atoms with Gasteiger partial charge in [-0.25, -0.2) is 0 Å². The van der Waals surface area contributed by atoms with Crippen molar-refractivity contribution in [1.29, 1.82) is 0 Å². The van der Waals surface area contributed by atoms with Gasteiger partial charge in [-0.1, -0.05) is 6.07 Å². The Hall–Kier alpha value is -1.10. The zero-order valence-electron chi connectivity index (χ0n) is 14.7. The number of hydrogen-bond donors (Lipinski definition) is 1. The van der Waals surface area contributed by atoms with Crippen LogP contribution in [0, 0.1) is 6.92 Å². The average Bonchev–Trinajstić information content (AvgIpc) is 2.62. The molecular weight excluding hydrogens is 324 g/mol. The van der Waals surface area contributed by atoms with E-state index in [-0.39, 0.29) is 18.3 Å². The Morgan fingerprint density at radius 2 is 1.83 bits per heavy atom. The number of amides is 1. The number of hydrogen-bond acceptors (Lipinski definition) is 3. The number of piperidine rings is 2. The summed E-state index contributed by atoms with van der Waals surface area (Å²) in [6.07, 6.45) is 4.52. The van der Waals surface area contributed by atoms with E-state index in [4.69, 9.17) is 4.74 Å². The van der Waals surface area contributed by atoms with Gasteiger partial charge in [0, 0.05) is 25.8 Å². The normalized spacial score (nSPS) is 19.8. The van der Waals surface area contributed by atoms with E-state index >= 15 is 0 Å². The van der Waals surface area contributed by atoms with Crippen LogP contribution in [0.1, 0.15) is 53.1 Å². The molecule has 1 amide bonds. The summed E-state index contributed by atoms with van der Waals surface area (Å²) in [6.45, 7) is 5.91. The minimum atomic E-state index is 0. The van der Waals surface area contributed by atoms with Gasteiger partial charge in [0.05, 0.1) is 6.10 Å². The topological polar surface area (TPSA) is 41.6 Å². The first-order chi connectivity index (χ1) is 11.2. The summed E-state index contributed by atoms with van der Waals surface area (Å²) in [6, 6.07) is 6.26. The maximum atomic E-state index is 12.8. The van der Waals surface area contributed by atoms with Crippen LogP contribution in [0.4, 0.5) is 0 Å². The summed E-state index contributed by atoms with van der Waals surface area (Å²) in [4.78, 5) is 14.8. The van der Waals surface area contributed by atoms with Gasteiger partial charge in [0.15, 0.2) is 0 Å². The van der Waals surface area contributed by atoms with E-state index in [2.05, 4.69) is 24.4 Å². The minimum absolute atomic E-state index is 0. The van der Waals surface area contributed by atoms with Crippen LogP contribution in [0.5, 0.6) is 0 Å². The fourth-order valence-electron chi connectivity index (χ4n) is 3.82. The van der Waals surface area contributed by atoms with Gasteiger partial charge < -0.3 is 15.0 Å². The number of rotatable bonds is 3. The molecule has 0 unspecified atom stereocenters. The maximum absolute atomic E-state index is 12.8. The number of nitrogens with one attached hydrogen (secondary N) is 1. The van der Waals surface area contributed by atoms with E-state index in [1.807, 2.05) is 11.0 Å². The smallest absolute Gasteiger partial charge is 0.253 e. The number of ether oxygens (including phenoxy) is 1. The molecule has 1 N–H and O–H groups in total. The SMILES string of the molecule is COC1CCN(C(=O)c2ccc(C)c(C3CCNCC3)c2)CC1.Cl. The summed E-state index contributed by atoms with van der Waals surface area (Å²) < 4.78 is 5.40. The number of aryl methyl sites for hydroxylation is 1. The van der Waals surface area contributed by atoms with Gasteiger partial charge in [-0.05, 0) is 74.9 Å². The van der Waals surface area contributed by atoms with Crippen LogP contribution in [0.15, 0.2) is 18.2 Å². The molecule has 0 saturated carbocycles. The molecule has 24 heavy (non-hydrogen) atoms. The molecule has 2 aliphatic rings. The highest BCUT2D eigenvalue weighted by Crippen LogP contribution is 2.29. The summed E-state index contributed by atoms with van der Waals surface area (Å²) in [7, 11) is 1.76. The van der Waals surface area contributed by atoms with E-state index < -0.39 is 0 Å². The second-order valence-corrected chi connectivity index (χ2v) is 6.82. The lowest BCUT2D eigenvalue weighted by Gasteiger charge is -2.31. The van der Waals surface area contributed by atoms with Crippen molar-refractivity contribution in [3.05, 3.63) is 34.9 Å².